The number of anilines is 1. The molecule has 9 heteroatoms. The van der Waals surface area contributed by atoms with Gasteiger partial charge in [0.1, 0.15) is 12.3 Å². The Kier molecular flexibility index (Phi) is 8.60. The fourth-order valence-corrected chi connectivity index (χ4v) is 1.61. The largest absolute Gasteiger partial charge is 0.533 e. The van der Waals surface area contributed by atoms with Gasteiger partial charge in [0.15, 0.2) is 0 Å². The second-order valence-electron chi connectivity index (χ2n) is 3.38. The van der Waals surface area contributed by atoms with E-state index in [1.165, 1.54) is 0 Å². The maximum absolute atomic E-state index is 9.49. The van der Waals surface area contributed by atoms with Crippen LogP contribution >= 0.6 is 11.6 Å². The molecule has 0 spiro atoms. The van der Waals surface area contributed by atoms with Crippen LogP contribution in [0.5, 0.6) is 0 Å². The van der Waals surface area contributed by atoms with Crippen LogP contribution in [0.15, 0.2) is 0 Å². The van der Waals surface area contributed by atoms with Crippen molar-refractivity contribution in [3.05, 3.63) is 17.5 Å². The molecule has 3 N–H and O–H groups in total. The van der Waals surface area contributed by atoms with Crippen LogP contribution in [0.2, 0.25) is 5.15 Å². The molecular formula is C9H10ClN3O3Rh2-2. The van der Waals surface area contributed by atoms with Crippen molar-refractivity contribution in [3.8, 4) is 0 Å². The van der Waals surface area contributed by atoms with Gasteiger partial charge in [0, 0.05) is 51.7 Å². The van der Waals surface area contributed by atoms with Crippen LogP contribution in [-0.2, 0) is 43.7 Å². The van der Waals surface area contributed by atoms with Crippen molar-refractivity contribution in [3.63, 3.8) is 0 Å². The quantitative estimate of drug-likeness (QED) is 0.331. The fraction of sp³-hybridized carbons (Fsp3) is 0.556. The van der Waals surface area contributed by atoms with E-state index in [-0.39, 0.29) is 50.7 Å². The van der Waals surface area contributed by atoms with Crippen LogP contribution in [0.4, 0.5) is 5.82 Å². The minimum Gasteiger partial charge on any atom is -0.533 e. The van der Waals surface area contributed by atoms with E-state index in [4.69, 9.17) is 21.4 Å². The summed E-state index contributed by atoms with van der Waals surface area (Å²) in [5.41, 5.74) is 0. The Hall–Kier alpha value is 0.297. The van der Waals surface area contributed by atoms with E-state index >= 15 is 0 Å². The van der Waals surface area contributed by atoms with Crippen LogP contribution in [0.3, 0.4) is 0 Å². The smallest absolute Gasteiger partial charge is 0.119 e. The van der Waals surface area contributed by atoms with E-state index < -0.39 is 18.4 Å². The van der Waals surface area contributed by atoms with E-state index in [1.54, 1.807) is 0 Å². The van der Waals surface area contributed by atoms with Gasteiger partial charge in [-0.1, -0.05) is 0 Å². The molecular weight excluding hydrogens is 439 g/mol. The van der Waals surface area contributed by atoms with Gasteiger partial charge >= 0.3 is 0 Å². The van der Waals surface area contributed by atoms with Gasteiger partial charge in [-0.2, -0.15) is 22.6 Å². The SMILES string of the molecule is OC[C@H]1O[C@@H](Nc2[c-]c(Cl)n[c-]n2)C[C@@H]1O.[Rh].[Rh]. The van der Waals surface area contributed by atoms with Crippen LogP contribution in [-0.4, -0.2) is 45.2 Å². The predicted molar refractivity (Wildman–Crippen MR) is 54.7 cm³/mol. The molecule has 1 aromatic heterocycles. The normalized spacial score (nSPS) is 26.1. The summed E-state index contributed by atoms with van der Waals surface area (Å²) >= 11 is 5.61. The first-order valence-electron chi connectivity index (χ1n) is 4.73. The Labute approximate surface area is 135 Å². The summed E-state index contributed by atoms with van der Waals surface area (Å²) < 4.78 is 5.32. The number of halogens is 1. The molecule has 0 amide bonds. The number of rotatable bonds is 3. The second kappa shape index (κ2) is 8.46. The molecule has 1 fully saturated rings. The average molecular weight is 449 g/mol. The van der Waals surface area contributed by atoms with Crippen molar-refractivity contribution in [2.24, 2.45) is 0 Å². The summed E-state index contributed by atoms with van der Waals surface area (Å²) in [4.78, 5) is 7.33. The number of nitrogens with zero attached hydrogens (tertiary/aromatic N) is 2. The maximum atomic E-state index is 9.49. The van der Waals surface area contributed by atoms with Crippen molar-refractivity contribution in [2.45, 2.75) is 24.9 Å². The van der Waals surface area contributed by atoms with Gasteiger partial charge in [-0.05, 0) is 0 Å². The molecule has 1 aromatic rings. The van der Waals surface area contributed by atoms with Gasteiger partial charge in [0.25, 0.3) is 0 Å². The topological polar surface area (TPSA) is 87.5 Å². The van der Waals surface area contributed by atoms with E-state index in [9.17, 15) is 5.11 Å². The van der Waals surface area contributed by atoms with Crippen LogP contribution < -0.4 is 5.32 Å². The first-order chi connectivity index (χ1) is 7.69. The van der Waals surface area contributed by atoms with Crippen molar-refractivity contribution in [1.29, 1.82) is 0 Å². The third kappa shape index (κ3) is 4.76. The molecule has 3 atom stereocenters. The molecule has 2 rings (SSSR count). The molecule has 0 bridgehead atoms. The standard InChI is InChI=1S/C9H10ClN3O3.2Rh/c10-7-2-8(12-4-11-7)13-9-1-5(15)6(3-14)16-9;;/h5-6,9,14-15H,1,3H2,(H,11,12,13);;/q-2;;/t5-,6+,9+;;/m0../s1. The van der Waals surface area contributed by atoms with Gasteiger partial charge in [-0.3, -0.25) is 0 Å². The van der Waals surface area contributed by atoms with E-state index in [1.807, 2.05) is 0 Å². The molecule has 0 saturated carbocycles. The van der Waals surface area contributed by atoms with Gasteiger partial charge in [-0.15, -0.1) is 0 Å². The number of ether oxygens (including phenoxy) is 1. The summed E-state index contributed by atoms with van der Waals surface area (Å²) in [6, 6.07) is 2.66. The number of hydrogen-bond acceptors (Lipinski definition) is 6. The first kappa shape index (κ1) is 18.3. The molecule has 0 aromatic carbocycles. The Balaban J connectivity index is 0.00000144. The fourth-order valence-electron chi connectivity index (χ4n) is 1.48. The van der Waals surface area contributed by atoms with Gasteiger partial charge in [0.2, 0.25) is 0 Å². The number of hydrogen-bond donors (Lipinski definition) is 3. The third-order valence-electron chi connectivity index (χ3n) is 2.23. The first-order valence-corrected chi connectivity index (χ1v) is 5.10. The van der Waals surface area contributed by atoms with Crippen molar-refractivity contribution in [2.75, 3.05) is 11.9 Å². The van der Waals surface area contributed by atoms with E-state index in [2.05, 4.69) is 27.7 Å². The molecule has 6 nitrogen and oxygen atoms in total. The molecule has 1 saturated heterocycles. The molecule has 2 radical (unpaired) electrons. The molecule has 2 heterocycles. The summed E-state index contributed by atoms with van der Waals surface area (Å²) in [6.45, 7) is -0.223. The molecule has 18 heavy (non-hydrogen) atoms. The van der Waals surface area contributed by atoms with Crippen molar-refractivity contribution in [1.82, 2.24) is 9.97 Å². The number of aromatic nitrogens is 2. The van der Waals surface area contributed by atoms with Crippen LogP contribution in [0.25, 0.3) is 0 Å². The number of aliphatic hydroxyl groups excluding tert-OH is 2. The molecule has 0 aliphatic carbocycles. The second-order valence-corrected chi connectivity index (χ2v) is 3.74. The van der Waals surface area contributed by atoms with E-state index in [0.717, 1.165) is 0 Å². The van der Waals surface area contributed by atoms with E-state index in [0.29, 0.717) is 12.2 Å². The van der Waals surface area contributed by atoms with Gasteiger partial charge in [-0.25, -0.2) is 0 Å². The molecule has 1 aliphatic rings. The van der Waals surface area contributed by atoms with Crippen molar-refractivity contribution < 1.29 is 53.9 Å². The van der Waals surface area contributed by atoms with Crippen LogP contribution in [0.1, 0.15) is 6.42 Å². The minimum atomic E-state index is -0.691. The maximum Gasteiger partial charge on any atom is 0.119 e. The average Bonchev–Trinajstić information content (AvgIpc) is 2.58. The monoisotopic (exact) mass is 449 g/mol. The Morgan fingerprint density at radius 2 is 2.17 bits per heavy atom. The summed E-state index contributed by atoms with van der Waals surface area (Å²) in [5, 5.41) is 21.4. The Morgan fingerprint density at radius 3 is 2.72 bits per heavy atom. The van der Waals surface area contributed by atoms with Gasteiger partial charge < -0.3 is 36.3 Å². The summed E-state index contributed by atoms with van der Waals surface area (Å²) in [6.07, 6.45) is 1.02. The zero-order chi connectivity index (χ0) is 11.5. The third-order valence-corrected chi connectivity index (χ3v) is 2.41. The Bertz CT molecular complexity index is 375. The van der Waals surface area contributed by atoms with Crippen molar-refractivity contribution >= 4 is 17.4 Å². The van der Waals surface area contributed by atoms with Crippen LogP contribution in [0, 0.1) is 12.4 Å². The number of nitrogens with one attached hydrogen (secondary N) is 1. The minimum absolute atomic E-state index is 0. The molecule has 106 valence electrons. The van der Waals surface area contributed by atoms with Gasteiger partial charge in [0.05, 0.1) is 12.7 Å². The Morgan fingerprint density at radius 1 is 1.44 bits per heavy atom. The zero-order valence-electron chi connectivity index (χ0n) is 8.89. The summed E-state index contributed by atoms with van der Waals surface area (Å²) in [5.74, 6) is 0.343. The zero-order valence-corrected chi connectivity index (χ0v) is 12.9. The number of aliphatic hydroxyl groups is 2. The summed E-state index contributed by atoms with van der Waals surface area (Å²) in [7, 11) is 0. The molecule has 1 aliphatic heterocycles. The predicted octanol–water partition coefficient (Wildman–Crippen LogP) is -0.395. The molecule has 0 unspecified atom stereocenters.